The van der Waals surface area contributed by atoms with Gasteiger partial charge < -0.3 is 20.9 Å². The Bertz CT molecular complexity index is 971. The number of rotatable bonds is 6. The zero-order chi connectivity index (χ0) is 21.7. The monoisotopic (exact) mass is 406 g/mol. The summed E-state index contributed by atoms with van der Waals surface area (Å²) in [7, 11) is 5.66. The Morgan fingerprint density at radius 1 is 1.23 bits per heavy atom. The third-order valence-corrected chi connectivity index (χ3v) is 5.20. The highest BCUT2D eigenvalue weighted by Crippen LogP contribution is 2.23. The van der Waals surface area contributed by atoms with E-state index < -0.39 is 0 Å². The van der Waals surface area contributed by atoms with Crippen molar-refractivity contribution in [2.45, 2.75) is 6.92 Å². The highest BCUT2D eigenvalue weighted by atomic mass is 15.3. The number of pyridine rings is 2. The first-order valence-electron chi connectivity index (χ1n) is 10.0. The van der Waals surface area contributed by atoms with Crippen molar-refractivity contribution >= 4 is 29.0 Å². The van der Waals surface area contributed by atoms with E-state index in [1.807, 2.05) is 31.4 Å². The number of aryl methyl sites for hydroxylation is 1. The number of nitrogens with one attached hydrogen (secondary N) is 2. The lowest BCUT2D eigenvalue weighted by Gasteiger charge is -2.34. The van der Waals surface area contributed by atoms with Gasteiger partial charge in [-0.3, -0.25) is 15.4 Å². The van der Waals surface area contributed by atoms with Crippen LogP contribution in [0.3, 0.4) is 0 Å². The molecule has 1 fully saturated rings. The van der Waals surface area contributed by atoms with Crippen LogP contribution in [0.15, 0.2) is 35.6 Å². The quantitative estimate of drug-likeness (QED) is 0.632. The molecule has 1 aliphatic heterocycles. The van der Waals surface area contributed by atoms with E-state index in [9.17, 15) is 0 Å². The summed E-state index contributed by atoms with van der Waals surface area (Å²) in [6.45, 7) is 5.92. The van der Waals surface area contributed by atoms with Crippen molar-refractivity contribution in [3.8, 4) is 0 Å². The van der Waals surface area contributed by atoms with Crippen LogP contribution in [0.2, 0.25) is 0 Å². The SMILES string of the molecule is C/N=C\C(=C/NC)c1cc(C(=N)c2ccc(C)c(N3CCN(C)CC3)n2)c(N)cn1. The summed E-state index contributed by atoms with van der Waals surface area (Å²) < 4.78 is 0. The molecule has 0 radical (unpaired) electrons. The Morgan fingerprint density at radius 2 is 1.97 bits per heavy atom. The van der Waals surface area contributed by atoms with E-state index >= 15 is 0 Å². The van der Waals surface area contributed by atoms with E-state index in [2.05, 4.69) is 39.1 Å². The number of hydrogen-bond acceptors (Lipinski definition) is 8. The summed E-state index contributed by atoms with van der Waals surface area (Å²) in [6, 6.07) is 5.73. The number of hydrogen-bond donors (Lipinski definition) is 3. The maximum absolute atomic E-state index is 8.80. The second-order valence-electron chi connectivity index (χ2n) is 7.43. The van der Waals surface area contributed by atoms with E-state index in [1.54, 1.807) is 19.5 Å². The molecular formula is C22H30N8. The number of piperazine rings is 1. The van der Waals surface area contributed by atoms with Gasteiger partial charge in [0.05, 0.1) is 29.0 Å². The second-order valence-corrected chi connectivity index (χ2v) is 7.43. The van der Waals surface area contributed by atoms with Gasteiger partial charge in [-0.2, -0.15) is 0 Å². The first kappa shape index (κ1) is 21.4. The summed E-state index contributed by atoms with van der Waals surface area (Å²) in [5, 5.41) is 11.8. The molecule has 0 atom stereocenters. The Hall–Kier alpha value is -3.26. The second kappa shape index (κ2) is 9.49. The van der Waals surface area contributed by atoms with Gasteiger partial charge in [-0.25, -0.2) is 4.98 Å². The molecule has 4 N–H and O–H groups in total. The number of anilines is 2. The fraction of sp³-hybridized carbons (Fsp3) is 0.364. The summed E-state index contributed by atoms with van der Waals surface area (Å²) in [6.07, 6.45) is 5.12. The summed E-state index contributed by atoms with van der Waals surface area (Å²) in [5.41, 5.74) is 10.7. The van der Waals surface area contributed by atoms with Gasteiger partial charge in [0.25, 0.3) is 0 Å². The van der Waals surface area contributed by atoms with E-state index in [0.29, 0.717) is 22.6 Å². The molecule has 0 unspecified atom stereocenters. The maximum Gasteiger partial charge on any atom is 0.132 e. The molecule has 30 heavy (non-hydrogen) atoms. The van der Waals surface area contributed by atoms with Crippen molar-refractivity contribution in [2.24, 2.45) is 4.99 Å². The molecule has 3 rings (SSSR count). The zero-order valence-corrected chi connectivity index (χ0v) is 18.1. The number of nitrogens with zero attached hydrogens (tertiary/aromatic N) is 5. The van der Waals surface area contributed by atoms with Crippen LogP contribution in [0.5, 0.6) is 0 Å². The Kier molecular flexibility index (Phi) is 6.79. The van der Waals surface area contributed by atoms with E-state index in [4.69, 9.17) is 16.1 Å². The van der Waals surface area contributed by atoms with Crippen LogP contribution in [-0.2, 0) is 0 Å². The first-order chi connectivity index (χ1) is 14.4. The van der Waals surface area contributed by atoms with Crippen LogP contribution < -0.4 is 16.0 Å². The van der Waals surface area contributed by atoms with E-state index in [-0.39, 0.29) is 5.71 Å². The van der Waals surface area contributed by atoms with Gasteiger partial charge >= 0.3 is 0 Å². The van der Waals surface area contributed by atoms with Gasteiger partial charge in [0.2, 0.25) is 0 Å². The third kappa shape index (κ3) is 4.65. The minimum Gasteiger partial charge on any atom is -0.397 e. The molecule has 2 aromatic heterocycles. The van der Waals surface area contributed by atoms with E-state index in [1.165, 1.54) is 0 Å². The molecule has 0 spiro atoms. The van der Waals surface area contributed by atoms with Gasteiger partial charge in [0, 0.05) is 63.8 Å². The van der Waals surface area contributed by atoms with Crippen LogP contribution in [0.1, 0.15) is 22.5 Å². The predicted molar refractivity (Wildman–Crippen MR) is 125 cm³/mol. The smallest absolute Gasteiger partial charge is 0.132 e. The van der Waals surface area contributed by atoms with Crippen LogP contribution in [0.4, 0.5) is 11.5 Å². The molecule has 0 saturated carbocycles. The highest BCUT2D eigenvalue weighted by Gasteiger charge is 2.19. The number of aromatic nitrogens is 2. The molecule has 2 aromatic rings. The summed E-state index contributed by atoms with van der Waals surface area (Å²) >= 11 is 0. The van der Waals surface area contributed by atoms with Gasteiger partial charge in [-0.05, 0) is 31.7 Å². The van der Waals surface area contributed by atoms with Crippen LogP contribution in [-0.4, -0.2) is 74.1 Å². The van der Waals surface area contributed by atoms with Gasteiger partial charge in [0.15, 0.2) is 0 Å². The Labute approximate surface area is 178 Å². The average Bonchev–Trinajstić information content (AvgIpc) is 2.74. The Morgan fingerprint density at radius 3 is 2.63 bits per heavy atom. The fourth-order valence-corrected chi connectivity index (χ4v) is 3.45. The molecule has 1 saturated heterocycles. The standard InChI is InChI=1S/C22H30N8/c1-15-5-6-19(28-22(15)30-9-7-29(4)8-10-30)21(24)17-11-20(27-14-18(17)23)16(12-25-2)13-26-3/h5-6,11-14,24-25H,7-10,23H2,1-4H3/b16-12+,24-21?,26-13-. The average molecular weight is 407 g/mol. The maximum atomic E-state index is 8.80. The first-order valence-corrected chi connectivity index (χ1v) is 10.0. The molecule has 3 heterocycles. The van der Waals surface area contributed by atoms with Gasteiger partial charge in [-0.1, -0.05) is 6.07 Å². The number of nitrogen functional groups attached to an aromatic ring is 1. The van der Waals surface area contributed by atoms with Gasteiger partial charge in [-0.15, -0.1) is 0 Å². The van der Waals surface area contributed by atoms with Gasteiger partial charge in [0.1, 0.15) is 5.82 Å². The van der Waals surface area contributed by atoms with Crippen molar-refractivity contribution in [3.05, 3.63) is 53.1 Å². The lowest BCUT2D eigenvalue weighted by Crippen LogP contribution is -2.45. The van der Waals surface area contributed by atoms with E-state index in [0.717, 1.165) is 43.1 Å². The lowest BCUT2D eigenvalue weighted by atomic mass is 10.0. The number of likely N-dealkylation sites (N-methyl/N-ethyl adjacent to an activating group) is 1. The van der Waals surface area contributed by atoms with Crippen molar-refractivity contribution < 1.29 is 0 Å². The zero-order valence-electron chi connectivity index (χ0n) is 18.1. The molecule has 158 valence electrons. The molecule has 8 nitrogen and oxygen atoms in total. The number of nitrogens with two attached hydrogens (primary N) is 1. The van der Waals surface area contributed by atoms with Crippen molar-refractivity contribution in [1.82, 2.24) is 20.2 Å². The predicted octanol–water partition coefficient (Wildman–Crippen LogP) is 1.80. The molecule has 1 aliphatic rings. The minimum absolute atomic E-state index is 0.281. The van der Waals surface area contributed by atoms with Crippen molar-refractivity contribution in [1.29, 1.82) is 5.41 Å². The molecule has 0 aliphatic carbocycles. The minimum atomic E-state index is 0.281. The fourth-order valence-electron chi connectivity index (χ4n) is 3.45. The topological polar surface area (TPSA) is 107 Å². The number of aliphatic imine (C=N–C) groups is 1. The molecule has 0 aromatic carbocycles. The summed E-state index contributed by atoms with van der Waals surface area (Å²) in [4.78, 5) is 17.9. The van der Waals surface area contributed by atoms with Crippen LogP contribution >= 0.6 is 0 Å². The van der Waals surface area contributed by atoms with Crippen LogP contribution in [0.25, 0.3) is 5.57 Å². The van der Waals surface area contributed by atoms with Crippen LogP contribution in [0, 0.1) is 12.3 Å². The normalized spacial score (nSPS) is 15.6. The third-order valence-electron chi connectivity index (χ3n) is 5.20. The molecule has 8 heteroatoms. The lowest BCUT2D eigenvalue weighted by molar-refractivity contribution is 0.312. The summed E-state index contributed by atoms with van der Waals surface area (Å²) in [5.74, 6) is 0.937. The number of allylic oxidation sites excluding steroid dienone is 1. The largest absolute Gasteiger partial charge is 0.397 e. The Balaban J connectivity index is 1.96. The van der Waals surface area contributed by atoms with Crippen molar-refractivity contribution in [2.75, 3.05) is 58.0 Å². The van der Waals surface area contributed by atoms with Crippen molar-refractivity contribution in [3.63, 3.8) is 0 Å². The molecule has 0 bridgehead atoms. The molecule has 0 amide bonds. The highest BCUT2D eigenvalue weighted by molar-refractivity contribution is 6.14. The molecular weight excluding hydrogens is 376 g/mol.